The fourth-order valence-corrected chi connectivity index (χ4v) is 3.88. The Morgan fingerprint density at radius 3 is 2.18 bits per heavy atom. The smallest absolute Gasteiger partial charge is 0.277 e. The van der Waals surface area contributed by atoms with Gasteiger partial charge in [-0.3, -0.25) is 14.8 Å². The summed E-state index contributed by atoms with van der Waals surface area (Å²) < 4.78 is 0. The van der Waals surface area contributed by atoms with Crippen molar-refractivity contribution in [3.05, 3.63) is 107 Å². The molecule has 0 saturated heterocycles. The molecule has 4 nitrogen and oxygen atoms in total. The average molecular weight is 365 g/mol. The minimum absolute atomic E-state index is 0.0547. The van der Waals surface area contributed by atoms with Crippen molar-refractivity contribution >= 4 is 11.6 Å². The zero-order chi connectivity index (χ0) is 19.1. The Labute approximate surface area is 163 Å². The normalized spacial score (nSPS) is 15.7. The van der Waals surface area contributed by atoms with Gasteiger partial charge in [0, 0.05) is 16.8 Å². The molecule has 1 aliphatic rings. The number of amides is 1. The molecule has 0 radical (unpaired) electrons. The molecule has 28 heavy (non-hydrogen) atoms. The summed E-state index contributed by atoms with van der Waals surface area (Å²) in [5.41, 5.74) is 6.46. The van der Waals surface area contributed by atoms with E-state index in [4.69, 9.17) is 0 Å². The molecule has 0 fully saturated rings. The number of nitrogens with zero attached hydrogens (tertiary/aromatic N) is 2. The lowest BCUT2D eigenvalue weighted by Crippen LogP contribution is -2.29. The van der Waals surface area contributed by atoms with Crippen LogP contribution in [0, 0.1) is 6.92 Å². The van der Waals surface area contributed by atoms with Crippen LogP contribution in [0.5, 0.6) is 0 Å². The van der Waals surface area contributed by atoms with E-state index >= 15 is 0 Å². The molecule has 1 unspecified atom stereocenters. The van der Waals surface area contributed by atoms with Crippen LogP contribution in [-0.4, -0.2) is 16.1 Å². The summed E-state index contributed by atoms with van der Waals surface area (Å²) in [5, 5.41) is 7.53. The number of hydrogen-bond donors (Lipinski definition) is 1. The van der Waals surface area contributed by atoms with E-state index in [0.29, 0.717) is 5.69 Å². The fraction of sp³-hybridized carbons (Fsp3) is 0.0833. The van der Waals surface area contributed by atoms with Gasteiger partial charge in [0.1, 0.15) is 5.69 Å². The maximum atomic E-state index is 13.3. The Balaban J connectivity index is 1.72. The number of H-pyrrole nitrogens is 1. The van der Waals surface area contributed by atoms with Gasteiger partial charge < -0.3 is 0 Å². The van der Waals surface area contributed by atoms with E-state index in [1.807, 2.05) is 53.4 Å². The van der Waals surface area contributed by atoms with E-state index in [2.05, 4.69) is 53.5 Å². The van der Waals surface area contributed by atoms with Crippen molar-refractivity contribution < 1.29 is 4.79 Å². The number of para-hydroxylation sites is 1. The Morgan fingerprint density at radius 2 is 1.50 bits per heavy atom. The summed E-state index contributed by atoms with van der Waals surface area (Å²) in [6, 6.07) is 28.0. The number of nitrogens with one attached hydrogen (secondary N) is 1. The molecule has 0 saturated carbocycles. The number of hydrogen-bond acceptors (Lipinski definition) is 2. The summed E-state index contributed by atoms with van der Waals surface area (Å²) in [6.45, 7) is 2.06. The van der Waals surface area contributed by atoms with Crippen LogP contribution in [0.15, 0.2) is 84.9 Å². The predicted molar refractivity (Wildman–Crippen MR) is 110 cm³/mol. The van der Waals surface area contributed by atoms with Crippen molar-refractivity contribution in [1.82, 2.24) is 10.2 Å². The molecular weight excluding hydrogens is 346 g/mol. The molecule has 4 aromatic rings. The Bertz CT molecular complexity index is 1130. The summed E-state index contributed by atoms with van der Waals surface area (Å²) in [5.74, 6) is -0.0547. The van der Waals surface area contributed by atoms with Gasteiger partial charge in [0.05, 0.1) is 11.7 Å². The van der Waals surface area contributed by atoms with Crippen molar-refractivity contribution in [2.24, 2.45) is 0 Å². The van der Waals surface area contributed by atoms with E-state index in [9.17, 15) is 4.79 Å². The van der Waals surface area contributed by atoms with E-state index in [0.717, 1.165) is 28.1 Å². The zero-order valence-electron chi connectivity index (χ0n) is 15.5. The molecule has 0 bridgehead atoms. The van der Waals surface area contributed by atoms with Gasteiger partial charge in [0.25, 0.3) is 5.91 Å². The lowest BCUT2D eigenvalue weighted by atomic mass is 9.95. The lowest BCUT2D eigenvalue weighted by molar-refractivity contribution is 0.0989. The molecule has 1 aromatic heterocycles. The van der Waals surface area contributed by atoms with Gasteiger partial charge in [-0.2, -0.15) is 5.10 Å². The summed E-state index contributed by atoms with van der Waals surface area (Å²) in [7, 11) is 0. The number of rotatable bonds is 3. The average Bonchev–Trinajstić information content (AvgIpc) is 3.29. The van der Waals surface area contributed by atoms with Crippen molar-refractivity contribution in [2.45, 2.75) is 13.0 Å². The van der Waals surface area contributed by atoms with E-state index in [1.54, 1.807) is 0 Å². The van der Waals surface area contributed by atoms with Crippen LogP contribution in [0.3, 0.4) is 0 Å². The maximum absolute atomic E-state index is 13.3. The highest BCUT2D eigenvalue weighted by atomic mass is 16.2. The summed E-state index contributed by atoms with van der Waals surface area (Å²) in [6.07, 6.45) is 0. The van der Waals surface area contributed by atoms with Crippen LogP contribution >= 0.6 is 0 Å². The van der Waals surface area contributed by atoms with Crippen LogP contribution in [0.2, 0.25) is 0 Å². The molecule has 5 rings (SSSR count). The molecular formula is C24H19N3O. The third kappa shape index (κ3) is 2.54. The Morgan fingerprint density at radius 1 is 0.857 bits per heavy atom. The fourth-order valence-electron chi connectivity index (χ4n) is 3.88. The molecule has 0 aliphatic carbocycles. The van der Waals surface area contributed by atoms with E-state index < -0.39 is 0 Å². The third-order valence-electron chi connectivity index (χ3n) is 5.24. The van der Waals surface area contributed by atoms with Crippen molar-refractivity contribution in [3.63, 3.8) is 0 Å². The second kappa shape index (κ2) is 6.50. The predicted octanol–water partition coefficient (Wildman–Crippen LogP) is 5.13. The van der Waals surface area contributed by atoms with Crippen molar-refractivity contribution in [3.8, 4) is 11.3 Å². The quantitative estimate of drug-likeness (QED) is 0.547. The number of aromatic amines is 1. The Hall–Kier alpha value is -3.66. The number of fused-ring (bicyclic) bond motifs is 1. The second-order valence-corrected chi connectivity index (χ2v) is 7.05. The molecule has 3 aromatic carbocycles. The standard InChI is InChI=1S/C24H19N3O/c1-16-12-14-17(15-13-16)21-20-22(26-25-21)24(28)27(19-10-6-3-7-11-19)23(20)18-8-4-2-5-9-18/h2-15,23H,1H3,(H,25,26). The number of benzene rings is 3. The SMILES string of the molecule is Cc1ccc(-c2n[nH]c3c2C(c2ccccc2)N(c2ccccc2)C3=O)cc1. The van der Waals surface area contributed by atoms with Gasteiger partial charge in [-0.1, -0.05) is 78.4 Å². The molecule has 1 N–H and O–H groups in total. The van der Waals surface area contributed by atoms with Gasteiger partial charge >= 0.3 is 0 Å². The van der Waals surface area contributed by atoms with Crippen LogP contribution < -0.4 is 4.90 Å². The van der Waals surface area contributed by atoms with Crippen LogP contribution in [0.4, 0.5) is 5.69 Å². The van der Waals surface area contributed by atoms with E-state index in [-0.39, 0.29) is 11.9 Å². The third-order valence-corrected chi connectivity index (χ3v) is 5.24. The first-order chi connectivity index (χ1) is 13.7. The largest absolute Gasteiger partial charge is 0.295 e. The molecule has 1 aliphatic heterocycles. The topological polar surface area (TPSA) is 49.0 Å². The zero-order valence-corrected chi connectivity index (χ0v) is 15.5. The number of aromatic nitrogens is 2. The van der Waals surface area contributed by atoms with Gasteiger partial charge in [0.15, 0.2) is 0 Å². The molecule has 1 amide bonds. The number of carbonyl (C=O) groups excluding carboxylic acids is 1. The summed E-state index contributed by atoms with van der Waals surface area (Å²) >= 11 is 0. The van der Waals surface area contributed by atoms with E-state index in [1.165, 1.54) is 5.56 Å². The van der Waals surface area contributed by atoms with Crippen molar-refractivity contribution in [2.75, 3.05) is 4.90 Å². The lowest BCUT2D eigenvalue weighted by Gasteiger charge is -2.26. The Kier molecular flexibility index (Phi) is 3.83. The highest BCUT2D eigenvalue weighted by Gasteiger charge is 2.42. The maximum Gasteiger partial charge on any atom is 0.277 e. The van der Waals surface area contributed by atoms with Gasteiger partial charge in [-0.05, 0) is 24.6 Å². The second-order valence-electron chi connectivity index (χ2n) is 7.05. The minimum atomic E-state index is -0.221. The molecule has 4 heteroatoms. The van der Waals surface area contributed by atoms with Crippen molar-refractivity contribution in [1.29, 1.82) is 0 Å². The van der Waals surface area contributed by atoms with Crippen LogP contribution in [-0.2, 0) is 0 Å². The molecule has 136 valence electrons. The first kappa shape index (κ1) is 16.5. The molecule has 0 spiro atoms. The van der Waals surface area contributed by atoms with Crippen LogP contribution in [0.25, 0.3) is 11.3 Å². The number of aryl methyl sites for hydroxylation is 1. The highest BCUT2D eigenvalue weighted by molar-refractivity contribution is 6.11. The first-order valence-electron chi connectivity index (χ1n) is 9.33. The number of anilines is 1. The monoisotopic (exact) mass is 365 g/mol. The number of carbonyl (C=O) groups is 1. The van der Waals surface area contributed by atoms with Gasteiger partial charge in [0.2, 0.25) is 0 Å². The van der Waals surface area contributed by atoms with Gasteiger partial charge in [-0.25, -0.2) is 0 Å². The molecule has 2 heterocycles. The van der Waals surface area contributed by atoms with Gasteiger partial charge in [-0.15, -0.1) is 0 Å². The summed E-state index contributed by atoms with van der Waals surface area (Å²) in [4.78, 5) is 15.2. The highest BCUT2D eigenvalue weighted by Crippen LogP contribution is 2.44. The molecule has 1 atom stereocenters. The van der Waals surface area contributed by atoms with Crippen LogP contribution in [0.1, 0.15) is 33.2 Å². The first-order valence-corrected chi connectivity index (χ1v) is 9.33. The minimum Gasteiger partial charge on any atom is -0.295 e.